The van der Waals surface area contributed by atoms with Gasteiger partial charge in [0.1, 0.15) is 10.8 Å². The number of aryl methyl sites for hydroxylation is 1. The van der Waals surface area contributed by atoms with E-state index < -0.39 is 0 Å². The zero-order chi connectivity index (χ0) is 14.4. The molecule has 0 saturated heterocycles. The number of nitrogens with zero attached hydrogens (tertiary/aromatic N) is 2. The number of rotatable bonds is 5. The average molecular weight is 287 g/mol. The van der Waals surface area contributed by atoms with Crippen molar-refractivity contribution in [3.63, 3.8) is 0 Å². The number of thioether (sulfide) groups is 1. The molecule has 2 aromatic rings. The van der Waals surface area contributed by atoms with Crippen LogP contribution in [-0.4, -0.2) is 22.6 Å². The van der Waals surface area contributed by atoms with Crippen molar-refractivity contribution in [3.05, 3.63) is 41.4 Å². The Balaban J connectivity index is 2.08. The number of pyridine rings is 1. The molecule has 6 heteroatoms. The summed E-state index contributed by atoms with van der Waals surface area (Å²) in [6.45, 7) is 2.03. The normalized spacial score (nSPS) is 10.0. The molecule has 1 amide bonds. The van der Waals surface area contributed by atoms with Crippen LogP contribution in [0.25, 0.3) is 0 Å². The van der Waals surface area contributed by atoms with E-state index in [0.29, 0.717) is 16.3 Å². The standard InChI is InChI=1S/C14H13N3O2S/c1-3-6-15-13(18)12-5-4-7-16-14(12)20-9-11-8-10(2)19-17-11/h1,4-5,7-8H,6,9H2,2H3,(H,15,18). The van der Waals surface area contributed by atoms with Crippen LogP contribution < -0.4 is 5.32 Å². The molecule has 0 saturated carbocycles. The van der Waals surface area contributed by atoms with E-state index in [0.717, 1.165) is 11.5 Å². The first kappa shape index (κ1) is 14.2. The molecule has 0 aliphatic heterocycles. The van der Waals surface area contributed by atoms with E-state index in [1.165, 1.54) is 11.8 Å². The second kappa shape index (κ2) is 6.78. The highest BCUT2D eigenvalue weighted by Crippen LogP contribution is 2.23. The van der Waals surface area contributed by atoms with E-state index in [1.54, 1.807) is 18.3 Å². The summed E-state index contributed by atoms with van der Waals surface area (Å²) in [5.41, 5.74) is 1.32. The van der Waals surface area contributed by atoms with Crippen molar-refractivity contribution in [2.75, 3.05) is 6.54 Å². The van der Waals surface area contributed by atoms with Gasteiger partial charge in [0.05, 0.1) is 17.8 Å². The Kier molecular flexibility index (Phi) is 4.80. The third-order valence-electron chi connectivity index (χ3n) is 2.40. The third-order valence-corrected chi connectivity index (χ3v) is 3.44. The topological polar surface area (TPSA) is 68.0 Å². The lowest BCUT2D eigenvalue weighted by molar-refractivity contribution is 0.0955. The number of aromatic nitrogens is 2. The molecule has 0 aliphatic rings. The van der Waals surface area contributed by atoms with Crippen LogP contribution in [0.3, 0.4) is 0 Å². The number of terminal acetylenes is 1. The molecule has 0 aliphatic carbocycles. The van der Waals surface area contributed by atoms with Crippen molar-refractivity contribution in [3.8, 4) is 12.3 Å². The van der Waals surface area contributed by atoms with Gasteiger partial charge in [-0.05, 0) is 19.1 Å². The number of carbonyl (C=O) groups is 1. The summed E-state index contributed by atoms with van der Waals surface area (Å²) in [5.74, 6) is 3.48. The summed E-state index contributed by atoms with van der Waals surface area (Å²) in [7, 11) is 0. The Hall–Kier alpha value is -2.26. The summed E-state index contributed by atoms with van der Waals surface area (Å²) < 4.78 is 5.00. The largest absolute Gasteiger partial charge is 0.361 e. The van der Waals surface area contributed by atoms with Crippen molar-refractivity contribution < 1.29 is 9.32 Å². The Bertz CT molecular complexity index is 646. The van der Waals surface area contributed by atoms with E-state index >= 15 is 0 Å². The summed E-state index contributed by atoms with van der Waals surface area (Å²) >= 11 is 1.43. The zero-order valence-corrected chi connectivity index (χ0v) is 11.7. The summed E-state index contributed by atoms with van der Waals surface area (Å²) in [4.78, 5) is 16.2. The molecule has 0 aromatic carbocycles. The highest BCUT2D eigenvalue weighted by molar-refractivity contribution is 7.98. The van der Waals surface area contributed by atoms with Gasteiger partial charge in [-0.2, -0.15) is 0 Å². The van der Waals surface area contributed by atoms with E-state index in [1.807, 2.05) is 13.0 Å². The lowest BCUT2D eigenvalue weighted by Gasteiger charge is -2.06. The smallest absolute Gasteiger partial charge is 0.254 e. The molecule has 102 valence electrons. The molecule has 0 bridgehead atoms. The molecule has 1 N–H and O–H groups in total. The van der Waals surface area contributed by atoms with Gasteiger partial charge >= 0.3 is 0 Å². The number of hydrogen-bond donors (Lipinski definition) is 1. The van der Waals surface area contributed by atoms with Crippen molar-refractivity contribution >= 4 is 17.7 Å². The zero-order valence-electron chi connectivity index (χ0n) is 10.9. The summed E-state index contributed by atoms with van der Waals surface area (Å²) in [6, 6.07) is 5.29. The maximum absolute atomic E-state index is 11.9. The van der Waals surface area contributed by atoms with Crippen LogP contribution in [0.15, 0.2) is 33.9 Å². The predicted octanol–water partition coefficient (Wildman–Crippen LogP) is 2.03. The van der Waals surface area contributed by atoms with Gasteiger partial charge in [0, 0.05) is 18.0 Å². The Morgan fingerprint density at radius 1 is 1.60 bits per heavy atom. The molecule has 0 fully saturated rings. The highest BCUT2D eigenvalue weighted by Gasteiger charge is 2.12. The van der Waals surface area contributed by atoms with Crippen molar-refractivity contribution in [2.45, 2.75) is 17.7 Å². The summed E-state index contributed by atoms with van der Waals surface area (Å²) in [5, 5.41) is 7.17. The maximum atomic E-state index is 11.9. The number of hydrogen-bond acceptors (Lipinski definition) is 5. The third kappa shape index (κ3) is 3.62. The van der Waals surface area contributed by atoms with Crippen LogP contribution in [0.4, 0.5) is 0 Å². The van der Waals surface area contributed by atoms with Gasteiger partial charge in [-0.1, -0.05) is 22.8 Å². The Morgan fingerprint density at radius 3 is 3.15 bits per heavy atom. The number of carbonyl (C=O) groups excluding carboxylic acids is 1. The molecule has 2 aromatic heterocycles. The van der Waals surface area contributed by atoms with Crippen LogP contribution in [0.5, 0.6) is 0 Å². The van der Waals surface area contributed by atoms with Crippen LogP contribution >= 0.6 is 11.8 Å². The fourth-order valence-electron chi connectivity index (χ4n) is 1.53. The molecule has 0 radical (unpaired) electrons. The van der Waals surface area contributed by atoms with Crippen LogP contribution in [0.1, 0.15) is 21.8 Å². The highest BCUT2D eigenvalue weighted by atomic mass is 32.2. The Labute approximate surface area is 121 Å². The van der Waals surface area contributed by atoms with Gasteiger partial charge in [0.25, 0.3) is 5.91 Å². The van der Waals surface area contributed by atoms with Gasteiger partial charge in [0.15, 0.2) is 0 Å². The second-order valence-corrected chi connectivity index (χ2v) is 4.92. The molecule has 0 atom stereocenters. The van der Waals surface area contributed by atoms with Gasteiger partial charge in [-0.25, -0.2) is 4.98 Å². The lowest BCUT2D eigenvalue weighted by Crippen LogP contribution is -2.24. The fourth-order valence-corrected chi connectivity index (χ4v) is 2.41. The van der Waals surface area contributed by atoms with Gasteiger partial charge in [0.2, 0.25) is 0 Å². The summed E-state index contributed by atoms with van der Waals surface area (Å²) in [6.07, 6.45) is 6.77. The Morgan fingerprint density at radius 2 is 2.45 bits per heavy atom. The molecule has 20 heavy (non-hydrogen) atoms. The van der Waals surface area contributed by atoms with E-state index in [-0.39, 0.29) is 12.5 Å². The minimum absolute atomic E-state index is 0.195. The molecular weight excluding hydrogens is 274 g/mol. The van der Waals surface area contributed by atoms with E-state index in [2.05, 4.69) is 21.4 Å². The number of amides is 1. The van der Waals surface area contributed by atoms with Gasteiger partial charge in [-0.3, -0.25) is 4.79 Å². The SMILES string of the molecule is C#CCNC(=O)c1cccnc1SCc1cc(C)on1. The maximum Gasteiger partial charge on any atom is 0.254 e. The lowest BCUT2D eigenvalue weighted by atomic mass is 10.2. The predicted molar refractivity (Wildman–Crippen MR) is 76.2 cm³/mol. The molecule has 0 spiro atoms. The number of nitrogens with one attached hydrogen (secondary N) is 1. The van der Waals surface area contributed by atoms with Crippen molar-refractivity contribution in [1.82, 2.24) is 15.5 Å². The molecule has 2 rings (SSSR count). The monoisotopic (exact) mass is 287 g/mol. The minimum Gasteiger partial charge on any atom is -0.361 e. The first-order valence-corrected chi connectivity index (χ1v) is 6.91. The van der Waals surface area contributed by atoms with Gasteiger partial charge in [-0.15, -0.1) is 6.42 Å². The van der Waals surface area contributed by atoms with Crippen LogP contribution in [0, 0.1) is 19.3 Å². The van der Waals surface area contributed by atoms with E-state index in [9.17, 15) is 4.79 Å². The molecular formula is C14H13N3O2S. The fraction of sp³-hybridized carbons (Fsp3) is 0.214. The van der Waals surface area contributed by atoms with Crippen LogP contribution in [0.2, 0.25) is 0 Å². The molecule has 5 nitrogen and oxygen atoms in total. The van der Waals surface area contributed by atoms with Crippen molar-refractivity contribution in [2.24, 2.45) is 0 Å². The first-order valence-electron chi connectivity index (χ1n) is 5.92. The first-order chi connectivity index (χ1) is 9.70. The average Bonchev–Trinajstić information content (AvgIpc) is 2.88. The van der Waals surface area contributed by atoms with E-state index in [4.69, 9.17) is 10.9 Å². The van der Waals surface area contributed by atoms with Crippen LogP contribution in [-0.2, 0) is 5.75 Å². The second-order valence-electron chi connectivity index (χ2n) is 3.96. The molecule has 0 unspecified atom stereocenters. The van der Waals surface area contributed by atoms with Crippen molar-refractivity contribution in [1.29, 1.82) is 0 Å². The minimum atomic E-state index is -0.227. The quantitative estimate of drug-likeness (QED) is 0.673. The molecule has 2 heterocycles. The van der Waals surface area contributed by atoms with Gasteiger partial charge < -0.3 is 9.84 Å².